The van der Waals surface area contributed by atoms with Crippen LogP contribution in [0.15, 0.2) is 66.9 Å². The number of hydrogen-bond acceptors (Lipinski definition) is 3. The minimum absolute atomic E-state index is 0.0185. The molecule has 2 fully saturated rings. The predicted octanol–water partition coefficient (Wildman–Crippen LogP) is 5.42. The number of nitrogens with zero attached hydrogens (tertiary/aromatic N) is 2. The summed E-state index contributed by atoms with van der Waals surface area (Å²) < 4.78 is 36.9. The third kappa shape index (κ3) is 3.47. The van der Waals surface area contributed by atoms with Crippen molar-refractivity contribution >= 4 is 22.5 Å². The Hall–Kier alpha value is -3.58. The lowest BCUT2D eigenvalue weighted by molar-refractivity contribution is -0.121. The summed E-state index contributed by atoms with van der Waals surface area (Å²) in [6.07, 6.45) is 3.52. The molecule has 2 bridgehead atoms. The quantitative estimate of drug-likeness (QED) is 0.444. The average molecular weight is 459 g/mol. The number of aryl methyl sites for hydroxylation is 1. The van der Waals surface area contributed by atoms with E-state index in [1.807, 2.05) is 25.4 Å². The van der Waals surface area contributed by atoms with E-state index in [0.717, 1.165) is 29.3 Å². The number of halogens is 2. The Bertz CT molecular complexity index is 1420. The van der Waals surface area contributed by atoms with Crippen LogP contribution in [-0.2, 0) is 16.6 Å². The predicted molar refractivity (Wildman–Crippen MR) is 125 cm³/mol. The smallest absolute Gasteiger partial charge is 0.230 e. The van der Waals surface area contributed by atoms with Crippen LogP contribution in [0.3, 0.4) is 0 Å². The molecule has 0 unspecified atom stereocenters. The molecular formula is C27H23F2N3O2. The standard InChI is InChI=1S/C27H23F2N3O2/c1-32-14-16-12-15(6-9-22(16)31-32)25-23-10-11-24(34-23)26(25)27(33)30-17-7-8-19(21(29)13-17)18-4-2-3-5-20(18)28/h2-9,12-14,23-26H,10-11H2,1H3,(H,30,33)/t23-,24+,25+,26-/m0/s1. The molecule has 34 heavy (non-hydrogen) atoms. The van der Waals surface area contributed by atoms with Crippen molar-refractivity contribution in [2.24, 2.45) is 13.0 Å². The normalized spacial score (nSPS) is 23.5. The molecule has 0 aliphatic carbocycles. The average Bonchev–Trinajstić information content (AvgIpc) is 3.53. The minimum Gasteiger partial charge on any atom is -0.373 e. The van der Waals surface area contributed by atoms with Gasteiger partial charge in [0, 0.05) is 41.4 Å². The number of amides is 1. The molecule has 3 aromatic carbocycles. The zero-order valence-corrected chi connectivity index (χ0v) is 18.5. The van der Waals surface area contributed by atoms with E-state index in [2.05, 4.69) is 16.5 Å². The van der Waals surface area contributed by atoms with Gasteiger partial charge in [0.2, 0.25) is 5.91 Å². The topological polar surface area (TPSA) is 56.2 Å². The van der Waals surface area contributed by atoms with Gasteiger partial charge in [0.1, 0.15) is 11.6 Å². The second-order valence-corrected chi connectivity index (χ2v) is 9.13. The highest BCUT2D eigenvalue weighted by Crippen LogP contribution is 2.49. The van der Waals surface area contributed by atoms with E-state index in [-0.39, 0.29) is 41.1 Å². The Morgan fingerprint density at radius 2 is 1.79 bits per heavy atom. The van der Waals surface area contributed by atoms with Gasteiger partial charge in [-0.25, -0.2) is 8.78 Å². The fourth-order valence-corrected chi connectivity index (χ4v) is 5.53. The summed E-state index contributed by atoms with van der Waals surface area (Å²) in [5.74, 6) is -1.73. The Morgan fingerprint density at radius 1 is 1.00 bits per heavy atom. The summed E-state index contributed by atoms with van der Waals surface area (Å²) >= 11 is 0. The molecule has 172 valence electrons. The van der Waals surface area contributed by atoms with Gasteiger partial charge in [-0.15, -0.1) is 0 Å². The van der Waals surface area contributed by atoms with Gasteiger partial charge in [0.05, 0.1) is 23.6 Å². The SMILES string of the molecule is Cn1cc2cc([C@H]3[C@@H](C(=O)Nc4ccc(-c5ccccc5F)c(F)c4)[C@H]4CC[C@@H]3O4)ccc2n1. The van der Waals surface area contributed by atoms with Crippen molar-refractivity contribution in [2.75, 3.05) is 5.32 Å². The fraction of sp³-hybridized carbons (Fsp3) is 0.259. The van der Waals surface area contributed by atoms with Crippen LogP contribution in [0.2, 0.25) is 0 Å². The molecule has 0 spiro atoms. The molecule has 1 aromatic heterocycles. The molecule has 5 nitrogen and oxygen atoms in total. The van der Waals surface area contributed by atoms with E-state index in [1.165, 1.54) is 24.3 Å². The lowest BCUT2D eigenvalue weighted by Crippen LogP contribution is -2.36. The second kappa shape index (κ2) is 8.02. The first-order valence-electron chi connectivity index (χ1n) is 11.4. The number of benzene rings is 3. The maximum Gasteiger partial charge on any atom is 0.230 e. The van der Waals surface area contributed by atoms with E-state index < -0.39 is 11.6 Å². The number of anilines is 1. The maximum absolute atomic E-state index is 14.8. The van der Waals surface area contributed by atoms with Crippen LogP contribution in [-0.4, -0.2) is 27.9 Å². The first-order chi connectivity index (χ1) is 16.5. The van der Waals surface area contributed by atoms with Crippen LogP contribution < -0.4 is 5.32 Å². The molecule has 2 aliphatic heterocycles. The van der Waals surface area contributed by atoms with E-state index in [0.29, 0.717) is 5.69 Å². The van der Waals surface area contributed by atoms with Crippen LogP contribution in [0.4, 0.5) is 14.5 Å². The van der Waals surface area contributed by atoms with Crippen molar-refractivity contribution in [2.45, 2.75) is 31.0 Å². The number of carbonyl (C=O) groups excluding carboxylic acids is 1. The monoisotopic (exact) mass is 459 g/mol. The molecule has 1 amide bonds. The van der Waals surface area contributed by atoms with E-state index in [4.69, 9.17) is 4.74 Å². The summed E-state index contributed by atoms with van der Waals surface area (Å²) in [6, 6.07) is 16.5. The molecule has 6 rings (SSSR count). The van der Waals surface area contributed by atoms with Gasteiger partial charge >= 0.3 is 0 Å². The first-order valence-corrected chi connectivity index (χ1v) is 11.4. The highest BCUT2D eigenvalue weighted by atomic mass is 19.1. The van der Waals surface area contributed by atoms with Gasteiger partial charge < -0.3 is 10.1 Å². The van der Waals surface area contributed by atoms with Crippen LogP contribution in [0.1, 0.15) is 24.3 Å². The molecule has 4 aromatic rings. The Labute approximate surface area is 195 Å². The van der Waals surface area contributed by atoms with Crippen LogP contribution in [0.25, 0.3) is 22.0 Å². The molecule has 7 heteroatoms. The van der Waals surface area contributed by atoms with E-state index >= 15 is 0 Å². The van der Waals surface area contributed by atoms with E-state index in [1.54, 1.807) is 22.9 Å². The van der Waals surface area contributed by atoms with Crippen LogP contribution in [0, 0.1) is 17.6 Å². The highest BCUT2D eigenvalue weighted by molar-refractivity contribution is 5.94. The van der Waals surface area contributed by atoms with Crippen molar-refractivity contribution in [1.29, 1.82) is 0 Å². The number of rotatable bonds is 4. The Kier molecular flexibility index (Phi) is 4.95. The summed E-state index contributed by atoms with van der Waals surface area (Å²) in [5.41, 5.74) is 2.63. The molecule has 0 radical (unpaired) electrons. The minimum atomic E-state index is -0.592. The Morgan fingerprint density at radius 3 is 2.62 bits per heavy atom. The lowest BCUT2D eigenvalue weighted by atomic mass is 9.75. The van der Waals surface area contributed by atoms with Crippen molar-refractivity contribution < 1.29 is 18.3 Å². The van der Waals surface area contributed by atoms with Crippen molar-refractivity contribution in [3.63, 3.8) is 0 Å². The Balaban J connectivity index is 1.27. The fourth-order valence-electron chi connectivity index (χ4n) is 5.53. The lowest BCUT2D eigenvalue weighted by Gasteiger charge is -2.27. The van der Waals surface area contributed by atoms with Gasteiger partial charge in [0.25, 0.3) is 0 Å². The highest BCUT2D eigenvalue weighted by Gasteiger charge is 2.52. The molecule has 1 N–H and O–H groups in total. The second-order valence-electron chi connectivity index (χ2n) is 9.13. The van der Waals surface area contributed by atoms with Crippen molar-refractivity contribution in [3.05, 3.63) is 84.1 Å². The summed E-state index contributed by atoms with van der Waals surface area (Å²) in [4.78, 5) is 13.4. The molecular weight excluding hydrogens is 436 g/mol. The number of aromatic nitrogens is 2. The maximum atomic E-state index is 14.8. The van der Waals surface area contributed by atoms with Crippen molar-refractivity contribution in [3.8, 4) is 11.1 Å². The number of fused-ring (bicyclic) bond motifs is 3. The van der Waals surface area contributed by atoms with Gasteiger partial charge in [-0.2, -0.15) is 5.10 Å². The van der Waals surface area contributed by atoms with Gasteiger partial charge in [-0.05, 0) is 54.8 Å². The third-order valence-electron chi connectivity index (χ3n) is 7.00. The van der Waals surface area contributed by atoms with Gasteiger partial charge in [-0.3, -0.25) is 9.48 Å². The van der Waals surface area contributed by atoms with Gasteiger partial charge in [0.15, 0.2) is 0 Å². The van der Waals surface area contributed by atoms with Gasteiger partial charge in [-0.1, -0.05) is 24.3 Å². The zero-order chi connectivity index (χ0) is 23.4. The summed E-state index contributed by atoms with van der Waals surface area (Å²) in [7, 11) is 1.88. The van der Waals surface area contributed by atoms with Crippen molar-refractivity contribution in [1.82, 2.24) is 9.78 Å². The molecule has 4 atom stereocenters. The first kappa shape index (κ1) is 21.0. The summed E-state index contributed by atoms with van der Waals surface area (Å²) in [5, 5.41) is 8.32. The zero-order valence-electron chi connectivity index (χ0n) is 18.5. The van der Waals surface area contributed by atoms with Crippen LogP contribution in [0.5, 0.6) is 0 Å². The molecule has 0 saturated carbocycles. The number of nitrogens with one attached hydrogen (secondary N) is 1. The molecule has 2 aliphatic rings. The number of hydrogen-bond donors (Lipinski definition) is 1. The third-order valence-corrected chi connectivity index (χ3v) is 7.00. The van der Waals surface area contributed by atoms with E-state index in [9.17, 15) is 13.6 Å². The number of ether oxygens (including phenoxy) is 1. The van der Waals surface area contributed by atoms with Crippen LogP contribution >= 0.6 is 0 Å². The largest absolute Gasteiger partial charge is 0.373 e. The number of carbonyl (C=O) groups is 1. The summed E-state index contributed by atoms with van der Waals surface area (Å²) in [6.45, 7) is 0. The molecule has 3 heterocycles. The molecule has 2 saturated heterocycles.